The Balaban J connectivity index is 1.85. The summed E-state index contributed by atoms with van der Waals surface area (Å²) in [6.45, 7) is 1.43. The summed E-state index contributed by atoms with van der Waals surface area (Å²) in [5.74, 6) is 0.454. The van der Waals surface area contributed by atoms with Gasteiger partial charge in [-0.2, -0.15) is 9.57 Å². The van der Waals surface area contributed by atoms with Crippen LogP contribution in [0.25, 0.3) is 0 Å². The molecule has 1 aromatic heterocycles. The molecule has 0 aliphatic carbocycles. The van der Waals surface area contributed by atoms with Crippen molar-refractivity contribution in [3.63, 3.8) is 0 Å². The highest BCUT2D eigenvalue weighted by Gasteiger charge is 2.27. The smallest absolute Gasteiger partial charge is 0.243 e. The molecular weight excluding hydrogens is 336 g/mol. The lowest BCUT2D eigenvalue weighted by molar-refractivity contribution is 0.346. The molecule has 0 bridgehead atoms. The first-order valence-corrected chi connectivity index (χ1v) is 9.74. The molecular formula is C18H20N4O2S. The number of nitriles is 1. The normalized spacial score (nSPS) is 15.5. The van der Waals surface area contributed by atoms with Gasteiger partial charge in [0.1, 0.15) is 11.9 Å². The fourth-order valence-corrected chi connectivity index (χ4v) is 4.70. The molecule has 130 valence electrons. The first-order valence-electron chi connectivity index (χ1n) is 8.30. The number of rotatable bonds is 5. The van der Waals surface area contributed by atoms with Gasteiger partial charge in [-0.1, -0.05) is 24.6 Å². The van der Waals surface area contributed by atoms with E-state index in [1.165, 1.54) is 0 Å². The molecule has 3 rings (SSSR count). The second kappa shape index (κ2) is 7.64. The fraction of sp³-hybridized carbons (Fsp3) is 0.333. The van der Waals surface area contributed by atoms with E-state index >= 15 is 0 Å². The quantitative estimate of drug-likeness (QED) is 0.890. The van der Waals surface area contributed by atoms with E-state index in [0.717, 1.165) is 19.3 Å². The van der Waals surface area contributed by atoms with E-state index in [4.69, 9.17) is 5.26 Å². The van der Waals surface area contributed by atoms with Crippen LogP contribution >= 0.6 is 0 Å². The van der Waals surface area contributed by atoms with Crippen molar-refractivity contribution in [2.24, 2.45) is 0 Å². The third-order valence-electron chi connectivity index (χ3n) is 4.28. The average molecular weight is 356 g/mol. The van der Waals surface area contributed by atoms with Crippen LogP contribution in [0.1, 0.15) is 30.4 Å². The fourth-order valence-electron chi connectivity index (χ4n) is 2.96. The van der Waals surface area contributed by atoms with Gasteiger partial charge in [0.05, 0.1) is 10.5 Å². The predicted molar refractivity (Wildman–Crippen MR) is 95.3 cm³/mol. The van der Waals surface area contributed by atoms with E-state index in [9.17, 15) is 8.42 Å². The Morgan fingerprint density at radius 1 is 1.12 bits per heavy atom. The first-order chi connectivity index (χ1) is 12.1. The van der Waals surface area contributed by atoms with Crippen LogP contribution in [0.2, 0.25) is 0 Å². The first kappa shape index (κ1) is 17.4. The van der Waals surface area contributed by atoms with Crippen molar-refractivity contribution in [1.82, 2.24) is 9.29 Å². The van der Waals surface area contributed by atoms with E-state index in [0.29, 0.717) is 34.9 Å². The Labute approximate surface area is 148 Å². The highest BCUT2D eigenvalue weighted by Crippen LogP contribution is 2.24. The lowest BCUT2D eigenvalue weighted by atomic mass is 10.2. The van der Waals surface area contributed by atoms with Gasteiger partial charge in [-0.15, -0.1) is 0 Å². The molecule has 0 atom stereocenters. The van der Waals surface area contributed by atoms with Crippen molar-refractivity contribution < 1.29 is 8.42 Å². The molecule has 1 N–H and O–H groups in total. The molecule has 1 aliphatic heterocycles. The SMILES string of the molecule is N#Cc1cccnc1NCc1ccccc1S(=O)(=O)N1CCCCC1. The van der Waals surface area contributed by atoms with Gasteiger partial charge in [-0.05, 0) is 36.6 Å². The lowest BCUT2D eigenvalue weighted by Gasteiger charge is -2.26. The van der Waals surface area contributed by atoms with E-state index in [1.807, 2.05) is 6.07 Å². The van der Waals surface area contributed by atoms with Gasteiger partial charge >= 0.3 is 0 Å². The Kier molecular flexibility index (Phi) is 5.31. The monoisotopic (exact) mass is 356 g/mol. The van der Waals surface area contributed by atoms with Crippen LogP contribution in [0, 0.1) is 11.3 Å². The van der Waals surface area contributed by atoms with Gasteiger partial charge in [0.15, 0.2) is 0 Å². The summed E-state index contributed by atoms with van der Waals surface area (Å²) in [5, 5.41) is 12.2. The van der Waals surface area contributed by atoms with Crippen LogP contribution in [-0.4, -0.2) is 30.8 Å². The van der Waals surface area contributed by atoms with Crippen molar-refractivity contribution >= 4 is 15.8 Å². The molecule has 25 heavy (non-hydrogen) atoms. The number of sulfonamides is 1. The van der Waals surface area contributed by atoms with Gasteiger partial charge in [-0.25, -0.2) is 13.4 Å². The Morgan fingerprint density at radius 2 is 1.88 bits per heavy atom. The molecule has 1 saturated heterocycles. The number of hydrogen-bond acceptors (Lipinski definition) is 5. The van der Waals surface area contributed by atoms with Crippen molar-refractivity contribution in [2.75, 3.05) is 18.4 Å². The van der Waals surface area contributed by atoms with Gasteiger partial charge in [-0.3, -0.25) is 0 Å². The summed E-state index contributed by atoms with van der Waals surface area (Å²) in [4.78, 5) is 4.47. The predicted octanol–water partition coefficient (Wildman–Crippen LogP) is 2.74. The highest BCUT2D eigenvalue weighted by atomic mass is 32.2. The molecule has 7 heteroatoms. The molecule has 6 nitrogen and oxygen atoms in total. The molecule has 2 heterocycles. The zero-order valence-corrected chi connectivity index (χ0v) is 14.7. The Bertz CT molecular complexity index is 884. The largest absolute Gasteiger partial charge is 0.365 e. The van der Waals surface area contributed by atoms with Crippen LogP contribution in [0.15, 0.2) is 47.5 Å². The Morgan fingerprint density at radius 3 is 2.64 bits per heavy atom. The van der Waals surface area contributed by atoms with Crippen LogP contribution in [-0.2, 0) is 16.6 Å². The molecule has 0 saturated carbocycles. The number of benzene rings is 1. The Hall–Kier alpha value is -2.43. The van der Waals surface area contributed by atoms with E-state index < -0.39 is 10.0 Å². The second-order valence-electron chi connectivity index (χ2n) is 5.94. The van der Waals surface area contributed by atoms with Crippen LogP contribution < -0.4 is 5.32 Å². The standard InChI is InChI=1S/C18H20N4O2S/c19-13-15-8-6-10-20-18(15)21-14-16-7-2-3-9-17(16)25(23,24)22-11-4-1-5-12-22/h2-3,6-10H,1,4-5,11-12,14H2,(H,20,21). The summed E-state index contributed by atoms with van der Waals surface area (Å²) in [6, 6.07) is 12.4. The maximum atomic E-state index is 13.0. The molecule has 1 fully saturated rings. The van der Waals surface area contributed by atoms with Crippen LogP contribution in [0.4, 0.5) is 5.82 Å². The van der Waals surface area contributed by atoms with Gasteiger partial charge in [0.2, 0.25) is 10.0 Å². The van der Waals surface area contributed by atoms with Gasteiger partial charge in [0.25, 0.3) is 0 Å². The summed E-state index contributed by atoms with van der Waals surface area (Å²) in [5.41, 5.74) is 1.10. The number of piperidine rings is 1. The zero-order valence-electron chi connectivity index (χ0n) is 13.9. The number of aromatic nitrogens is 1. The van der Waals surface area contributed by atoms with Crippen LogP contribution in [0.5, 0.6) is 0 Å². The molecule has 2 aromatic rings. The third kappa shape index (κ3) is 3.81. The van der Waals surface area contributed by atoms with E-state index in [-0.39, 0.29) is 6.54 Å². The zero-order chi connectivity index (χ0) is 17.7. The minimum Gasteiger partial charge on any atom is -0.365 e. The average Bonchev–Trinajstić information content (AvgIpc) is 2.67. The molecule has 0 spiro atoms. The van der Waals surface area contributed by atoms with E-state index in [1.54, 1.807) is 40.8 Å². The number of pyridine rings is 1. The maximum absolute atomic E-state index is 13.0. The summed E-state index contributed by atoms with van der Waals surface area (Å²) >= 11 is 0. The summed E-state index contributed by atoms with van der Waals surface area (Å²) in [7, 11) is -3.50. The molecule has 0 amide bonds. The second-order valence-corrected chi connectivity index (χ2v) is 7.84. The summed E-state index contributed by atoms with van der Waals surface area (Å²) in [6.07, 6.45) is 4.48. The van der Waals surface area contributed by atoms with Crippen molar-refractivity contribution in [2.45, 2.75) is 30.7 Å². The van der Waals surface area contributed by atoms with Crippen molar-refractivity contribution in [1.29, 1.82) is 5.26 Å². The lowest BCUT2D eigenvalue weighted by Crippen LogP contribution is -2.36. The minimum absolute atomic E-state index is 0.287. The third-order valence-corrected chi connectivity index (χ3v) is 6.28. The number of hydrogen-bond donors (Lipinski definition) is 1. The number of nitrogens with one attached hydrogen (secondary N) is 1. The molecule has 1 aromatic carbocycles. The van der Waals surface area contributed by atoms with E-state index in [2.05, 4.69) is 16.4 Å². The maximum Gasteiger partial charge on any atom is 0.243 e. The van der Waals surface area contributed by atoms with Crippen molar-refractivity contribution in [3.8, 4) is 6.07 Å². The molecule has 0 unspecified atom stereocenters. The van der Waals surface area contributed by atoms with Gasteiger partial charge < -0.3 is 5.32 Å². The highest BCUT2D eigenvalue weighted by molar-refractivity contribution is 7.89. The minimum atomic E-state index is -3.50. The number of anilines is 1. The summed E-state index contributed by atoms with van der Waals surface area (Å²) < 4.78 is 27.5. The van der Waals surface area contributed by atoms with Crippen LogP contribution in [0.3, 0.4) is 0 Å². The molecule has 0 radical (unpaired) electrons. The van der Waals surface area contributed by atoms with Crippen molar-refractivity contribution in [3.05, 3.63) is 53.7 Å². The topological polar surface area (TPSA) is 86.1 Å². The number of nitrogens with zero attached hydrogens (tertiary/aromatic N) is 3. The molecule has 1 aliphatic rings. The van der Waals surface area contributed by atoms with Gasteiger partial charge in [0, 0.05) is 25.8 Å².